The van der Waals surface area contributed by atoms with E-state index in [0.29, 0.717) is 6.61 Å². The predicted octanol–water partition coefficient (Wildman–Crippen LogP) is 5.23. The molecular formula is C23H27BO3. The van der Waals surface area contributed by atoms with Gasteiger partial charge < -0.3 is 14.0 Å². The third-order valence-corrected chi connectivity index (χ3v) is 5.94. The van der Waals surface area contributed by atoms with Gasteiger partial charge in [0.05, 0.1) is 11.2 Å². The van der Waals surface area contributed by atoms with Crippen molar-refractivity contribution < 1.29 is 14.0 Å². The highest BCUT2D eigenvalue weighted by molar-refractivity contribution is 6.55. The second-order valence-electron chi connectivity index (χ2n) is 8.44. The molecule has 1 aliphatic heterocycles. The van der Waals surface area contributed by atoms with Crippen LogP contribution in [-0.2, 0) is 22.3 Å². The molecule has 2 aromatic carbocycles. The van der Waals surface area contributed by atoms with Gasteiger partial charge in [0.15, 0.2) is 0 Å². The van der Waals surface area contributed by atoms with E-state index >= 15 is 0 Å². The minimum absolute atomic E-state index is 0.253. The zero-order valence-corrected chi connectivity index (χ0v) is 16.6. The lowest BCUT2D eigenvalue weighted by molar-refractivity contribution is 0.00578. The molecule has 0 aromatic heterocycles. The first-order valence-corrected chi connectivity index (χ1v) is 9.70. The number of rotatable bonds is 4. The molecule has 1 fully saturated rings. The Morgan fingerprint density at radius 1 is 0.926 bits per heavy atom. The molecule has 27 heavy (non-hydrogen) atoms. The number of hydrogen-bond donors (Lipinski definition) is 0. The maximum atomic E-state index is 6.21. The summed E-state index contributed by atoms with van der Waals surface area (Å²) < 4.78 is 18.4. The van der Waals surface area contributed by atoms with Gasteiger partial charge in [0.25, 0.3) is 0 Å². The van der Waals surface area contributed by atoms with Crippen molar-refractivity contribution in [3.8, 4) is 5.75 Å². The number of ether oxygens (including phenoxy) is 1. The van der Waals surface area contributed by atoms with Gasteiger partial charge in [-0.3, -0.25) is 0 Å². The van der Waals surface area contributed by atoms with Crippen LogP contribution >= 0.6 is 0 Å². The average Bonchev–Trinajstić information content (AvgIpc) is 2.88. The first-order valence-electron chi connectivity index (χ1n) is 9.70. The quantitative estimate of drug-likeness (QED) is 0.698. The van der Waals surface area contributed by atoms with Crippen molar-refractivity contribution in [3.05, 3.63) is 70.7 Å². The van der Waals surface area contributed by atoms with Crippen LogP contribution in [0.2, 0.25) is 0 Å². The molecule has 4 heteroatoms. The third kappa shape index (κ3) is 3.69. The van der Waals surface area contributed by atoms with Crippen LogP contribution in [0.1, 0.15) is 50.8 Å². The molecule has 0 spiro atoms. The van der Waals surface area contributed by atoms with Crippen LogP contribution in [0.4, 0.5) is 0 Å². The van der Waals surface area contributed by atoms with Gasteiger partial charge in [0.1, 0.15) is 12.4 Å². The lowest BCUT2D eigenvalue weighted by atomic mass is 9.71. The molecule has 140 valence electrons. The van der Waals surface area contributed by atoms with Crippen LogP contribution < -0.4 is 4.74 Å². The number of hydrogen-bond acceptors (Lipinski definition) is 3. The van der Waals surface area contributed by atoms with Gasteiger partial charge in [-0.1, -0.05) is 42.5 Å². The van der Waals surface area contributed by atoms with Gasteiger partial charge in [-0.05, 0) is 74.8 Å². The summed E-state index contributed by atoms with van der Waals surface area (Å²) in [4.78, 5) is 0. The monoisotopic (exact) mass is 362 g/mol. The Morgan fingerprint density at radius 3 is 2.33 bits per heavy atom. The Labute approximate surface area is 162 Å². The van der Waals surface area contributed by atoms with Crippen molar-refractivity contribution in [2.45, 2.75) is 58.3 Å². The van der Waals surface area contributed by atoms with Gasteiger partial charge in [0.2, 0.25) is 0 Å². The Morgan fingerprint density at radius 2 is 1.63 bits per heavy atom. The topological polar surface area (TPSA) is 27.7 Å². The summed E-state index contributed by atoms with van der Waals surface area (Å²) in [5.74, 6) is 0.921. The Hall–Kier alpha value is -2.04. The zero-order valence-electron chi connectivity index (χ0n) is 16.6. The molecule has 1 saturated heterocycles. The summed E-state index contributed by atoms with van der Waals surface area (Å²) in [6, 6.07) is 16.6. The van der Waals surface area contributed by atoms with Crippen molar-refractivity contribution in [1.29, 1.82) is 0 Å². The number of fused-ring (bicyclic) bond motifs is 1. The van der Waals surface area contributed by atoms with E-state index in [4.69, 9.17) is 14.0 Å². The number of allylic oxidation sites excluding steroid dienone is 1. The summed E-state index contributed by atoms with van der Waals surface area (Å²) in [5, 5.41) is 0. The normalized spacial score (nSPS) is 20.1. The van der Waals surface area contributed by atoms with E-state index in [0.717, 1.165) is 18.6 Å². The van der Waals surface area contributed by atoms with Gasteiger partial charge in [-0.25, -0.2) is 0 Å². The van der Waals surface area contributed by atoms with Crippen molar-refractivity contribution in [2.24, 2.45) is 0 Å². The van der Waals surface area contributed by atoms with Crippen molar-refractivity contribution in [1.82, 2.24) is 0 Å². The highest BCUT2D eigenvalue weighted by Gasteiger charge is 2.52. The van der Waals surface area contributed by atoms with E-state index in [-0.39, 0.29) is 18.3 Å². The standard InChI is InChI=1S/C23H27BO3/c1-22(2)23(3,4)27-24(26-22)20-12-10-19-15-21(13-11-18(19)14-20)25-16-17-8-6-5-7-9-17/h5-9,11,13-15H,10,12,16H2,1-4H3. The van der Waals surface area contributed by atoms with E-state index in [2.05, 4.69) is 58.0 Å². The summed E-state index contributed by atoms with van der Waals surface area (Å²) >= 11 is 0. The molecule has 2 aromatic rings. The van der Waals surface area contributed by atoms with Gasteiger partial charge in [-0.2, -0.15) is 0 Å². The molecule has 0 N–H and O–H groups in total. The Balaban J connectivity index is 1.47. The SMILES string of the molecule is CC1(C)OB(C2=Cc3ccc(OCc4ccccc4)cc3CC2)OC1(C)C. The van der Waals surface area contributed by atoms with Crippen LogP contribution in [-0.4, -0.2) is 18.3 Å². The van der Waals surface area contributed by atoms with E-state index in [1.807, 2.05) is 24.3 Å². The second-order valence-corrected chi connectivity index (χ2v) is 8.44. The van der Waals surface area contributed by atoms with E-state index in [1.54, 1.807) is 0 Å². The third-order valence-electron chi connectivity index (χ3n) is 5.94. The second kappa shape index (κ2) is 6.85. The van der Waals surface area contributed by atoms with Crippen LogP contribution in [0.15, 0.2) is 54.0 Å². The fourth-order valence-electron chi connectivity index (χ4n) is 3.50. The van der Waals surface area contributed by atoms with Crippen LogP contribution in [0, 0.1) is 0 Å². The fourth-order valence-corrected chi connectivity index (χ4v) is 3.50. The summed E-state index contributed by atoms with van der Waals surface area (Å²) in [6.07, 6.45) is 4.15. The van der Waals surface area contributed by atoms with Gasteiger partial charge in [-0.15, -0.1) is 0 Å². The zero-order chi connectivity index (χ0) is 19.1. The molecule has 0 unspecified atom stereocenters. The molecule has 3 nitrogen and oxygen atoms in total. The summed E-state index contributed by atoms with van der Waals surface area (Å²) in [7, 11) is -0.253. The maximum absolute atomic E-state index is 6.21. The van der Waals surface area contributed by atoms with Crippen molar-refractivity contribution >= 4 is 13.2 Å². The highest BCUT2D eigenvalue weighted by Crippen LogP contribution is 2.40. The molecule has 2 aliphatic rings. The molecule has 0 bridgehead atoms. The minimum Gasteiger partial charge on any atom is -0.489 e. The van der Waals surface area contributed by atoms with E-state index < -0.39 is 0 Å². The molecule has 0 atom stereocenters. The van der Waals surface area contributed by atoms with E-state index in [1.165, 1.54) is 22.2 Å². The lowest BCUT2D eigenvalue weighted by Gasteiger charge is -2.32. The largest absolute Gasteiger partial charge is 0.490 e. The minimum atomic E-state index is -0.298. The Bertz CT molecular complexity index is 839. The van der Waals surface area contributed by atoms with Crippen molar-refractivity contribution in [3.63, 3.8) is 0 Å². The summed E-state index contributed by atoms with van der Waals surface area (Å²) in [6.45, 7) is 8.98. The van der Waals surface area contributed by atoms with Crippen LogP contribution in [0.5, 0.6) is 5.75 Å². The molecule has 0 amide bonds. The smallest absolute Gasteiger partial charge is 0.489 e. The molecule has 0 radical (unpaired) electrons. The average molecular weight is 362 g/mol. The van der Waals surface area contributed by atoms with Crippen LogP contribution in [0.25, 0.3) is 6.08 Å². The molecule has 0 saturated carbocycles. The Kier molecular flexibility index (Phi) is 4.65. The first kappa shape index (κ1) is 18.3. The highest BCUT2D eigenvalue weighted by atomic mass is 16.7. The maximum Gasteiger partial charge on any atom is 0.490 e. The molecule has 1 aliphatic carbocycles. The first-order chi connectivity index (χ1) is 12.8. The van der Waals surface area contributed by atoms with Crippen molar-refractivity contribution in [2.75, 3.05) is 0 Å². The summed E-state index contributed by atoms with van der Waals surface area (Å²) in [5.41, 5.74) is 4.36. The van der Waals surface area contributed by atoms with E-state index in [9.17, 15) is 0 Å². The molecule has 4 rings (SSSR count). The molecular weight excluding hydrogens is 335 g/mol. The van der Waals surface area contributed by atoms with Crippen LogP contribution in [0.3, 0.4) is 0 Å². The van der Waals surface area contributed by atoms with Gasteiger partial charge >= 0.3 is 7.12 Å². The lowest BCUT2D eigenvalue weighted by Crippen LogP contribution is -2.41. The number of aryl methyl sites for hydroxylation is 1. The van der Waals surface area contributed by atoms with Gasteiger partial charge in [0, 0.05) is 0 Å². The molecule has 1 heterocycles. The number of benzene rings is 2. The predicted molar refractivity (Wildman–Crippen MR) is 110 cm³/mol. The fraction of sp³-hybridized carbons (Fsp3) is 0.391.